The Morgan fingerprint density at radius 2 is 1.83 bits per heavy atom. The third-order valence-corrected chi connectivity index (χ3v) is 3.77. The first kappa shape index (κ1) is 15.4. The lowest BCUT2D eigenvalue weighted by atomic mass is 10.0. The zero-order valence-corrected chi connectivity index (χ0v) is 12.8. The van der Waals surface area contributed by atoms with Crippen molar-refractivity contribution >= 4 is 28.2 Å². The molecule has 0 saturated carbocycles. The molecule has 0 aliphatic carbocycles. The van der Waals surface area contributed by atoms with Gasteiger partial charge in [-0.2, -0.15) is 5.26 Å². The summed E-state index contributed by atoms with van der Waals surface area (Å²) >= 11 is 0. The molecule has 0 aromatic heterocycles. The first-order valence-corrected chi connectivity index (χ1v) is 7.33. The minimum Gasteiger partial charge on any atom is -0.398 e. The van der Waals surface area contributed by atoms with Crippen LogP contribution in [-0.2, 0) is 0 Å². The standard InChI is InChI=1S/C20H14FN3/c21-18-11-20(24)17(10-16(18)12-22)19(23)8-6-13-5-7-14-3-1-2-4-15(14)9-13/h1-11,23H,24H2/b8-6+,23-19?. The molecule has 0 unspecified atom stereocenters. The van der Waals surface area contributed by atoms with E-state index < -0.39 is 5.82 Å². The number of nitrogens with zero attached hydrogens (tertiary/aromatic N) is 1. The van der Waals surface area contributed by atoms with Crippen LogP contribution in [0.2, 0.25) is 0 Å². The minimum atomic E-state index is -0.676. The average Bonchev–Trinajstić information content (AvgIpc) is 2.59. The number of nitriles is 1. The molecule has 0 bridgehead atoms. The van der Waals surface area contributed by atoms with E-state index in [0.29, 0.717) is 5.56 Å². The number of anilines is 1. The molecular formula is C20H14FN3. The summed E-state index contributed by atoms with van der Waals surface area (Å²) in [7, 11) is 0. The van der Waals surface area contributed by atoms with Crippen LogP contribution in [0.5, 0.6) is 0 Å². The Hall–Kier alpha value is -3.45. The molecule has 0 aliphatic rings. The lowest BCUT2D eigenvalue weighted by Crippen LogP contribution is -2.03. The average molecular weight is 315 g/mol. The van der Waals surface area contributed by atoms with E-state index in [4.69, 9.17) is 16.4 Å². The summed E-state index contributed by atoms with van der Waals surface area (Å²) in [4.78, 5) is 0. The molecular weight excluding hydrogens is 301 g/mol. The number of fused-ring (bicyclic) bond motifs is 1. The number of nitrogen functional groups attached to an aromatic ring is 1. The van der Waals surface area contributed by atoms with E-state index in [1.54, 1.807) is 18.2 Å². The van der Waals surface area contributed by atoms with E-state index in [-0.39, 0.29) is 17.0 Å². The third-order valence-electron chi connectivity index (χ3n) is 3.77. The maximum atomic E-state index is 13.5. The number of allylic oxidation sites excluding steroid dienone is 1. The molecule has 0 heterocycles. The smallest absolute Gasteiger partial charge is 0.143 e. The largest absolute Gasteiger partial charge is 0.398 e. The fraction of sp³-hybridized carbons (Fsp3) is 0. The molecule has 3 N–H and O–H groups in total. The van der Waals surface area contributed by atoms with Crippen LogP contribution < -0.4 is 5.73 Å². The maximum Gasteiger partial charge on any atom is 0.143 e. The van der Waals surface area contributed by atoms with E-state index in [1.807, 2.05) is 42.5 Å². The minimum absolute atomic E-state index is 0.122. The Morgan fingerprint density at radius 1 is 1.08 bits per heavy atom. The van der Waals surface area contributed by atoms with Gasteiger partial charge < -0.3 is 11.1 Å². The maximum absolute atomic E-state index is 13.5. The lowest BCUT2D eigenvalue weighted by Gasteiger charge is -2.06. The Bertz CT molecular complexity index is 1010. The number of nitrogens with two attached hydrogens (primary N) is 1. The zero-order chi connectivity index (χ0) is 17.1. The van der Waals surface area contributed by atoms with Gasteiger partial charge >= 0.3 is 0 Å². The molecule has 0 aliphatic heterocycles. The van der Waals surface area contributed by atoms with E-state index in [0.717, 1.165) is 22.4 Å². The van der Waals surface area contributed by atoms with Crippen LogP contribution in [-0.4, -0.2) is 5.71 Å². The molecule has 0 atom stereocenters. The highest BCUT2D eigenvalue weighted by Crippen LogP contribution is 2.20. The van der Waals surface area contributed by atoms with Crippen LogP contribution in [0.3, 0.4) is 0 Å². The summed E-state index contributed by atoms with van der Waals surface area (Å²) in [5.74, 6) is -0.676. The van der Waals surface area contributed by atoms with Crippen molar-refractivity contribution in [1.82, 2.24) is 0 Å². The first-order chi connectivity index (χ1) is 11.6. The van der Waals surface area contributed by atoms with Gasteiger partial charge in [-0.05, 0) is 40.6 Å². The molecule has 0 spiro atoms. The van der Waals surface area contributed by atoms with Crippen molar-refractivity contribution in [2.75, 3.05) is 5.73 Å². The SMILES string of the molecule is N#Cc1cc(C(=N)/C=C/c2ccc3ccccc3c2)c(N)cc1F. The molecule has 0 radical (unpaired) electrons. The van der Waals surface area contributed by atoms with Crippen LogP contribution in [0.15, 0.2) is 60.7 Å². The monoisotopic (exact) mass is 315 g/mol. The number of hydrogen-bond acceptors (Lipinski definition) is 3. The molecule has 0 fully saturated rings. The van der Waals surface area contributed by atoms with Gasteiger partial charge in [-0.25, -0.2) is 4.39 Å². The Kier molecular flexibility index (Phi) is 4.09. The number of rotatable bonds is 3. The van der Waals surface area contributed by atoms with Crippen molar-refractivity contribution in [1.29, 1.82) is 10.7 Å². The Balaban J connectivity index is 1.91. The third kappa shape index (κ3) is 3.01. The van der Waals surface area contributed by atoms with Gasteiger partial charge in [0.2, 0.25) is 0 Å². The highest BCUT2D eigenvalue weighted by molar-refractivity contribution is 6.12. The van der Waals surface area contributed by atoms with E-state index in [9.17, 15) is 4.39 Å². The lowest BCUT2D eigenvalue weighted by molar-refractivity contribution is 0.624. The number of halogens is 1. The van der Waals surface area contributed by atoms with E-state index >= 15 is 0 Å². The highest BCUT2D eigenvalue weighted by Gasteiger charge is 2.10. The fourth-order valence-corrected chi connectivity index (χ4v) is 2.49. The normalized spacial score (nSPS) is 10.8. The van der Waals surface area contributed by atoms with Crippen LogP contribution in [0.25, 0.3) is 16.8 Å². The molecule has 3 aromatic rings. The van der Waals surface area contributed by atoms with Crippen LogP contribution >= 0.6 is 0 Å². The fourth-order valence-electron chi connectivity index (χ4n) is 2.49. The molecule has 3 nitrogen and oxygen atoms in total. The molecule has 4 heteroatoms. The topological polar surface area (TPSA) is 73.7 Å². The van der Waals surface area contributed by atoms with Crippen LogP contribution in [0, 0.1) is 22.6 Å². The number of benzene rings is 3. The second-order valence-electron chi connectivity index (χ2n) is 5.38. The quantitative estimate of drug-likeness (QED) is 0.551. The van der Waals surface area contributed by atoms with Crippen molar-refractivity contribution in [3.8, 4) is 6.07 Å². The number of hydrogen-bond donors (Lipinski definition) is 2. The highest BCUT2D eigenvalue weighted by atomic mass is 19.1. The molecule has 116 valence electrons. The van der Waals surface area contributed by atoms with Crippen molar-refractivity contribution in [2.45, 2.75) is 0 Å². The second kappa shape index (κ2) is 6.35. The molecule has 0 saturated heterocycles. The van der Waals surface area contributed by atoms with E-state index in [2.05, 4.69) is 0 Å². The van der Waals surface area contributed by atoms with Crippen LogP contribution in [0.1, 0.15) is 16.7 Å². The predicted octanol–water partition coefficient (Wildman–Crippen LogP) is 4.51. The summed E-state index contributed by atoms with van der Waals surface area (Å²) < 4.78 is 13.5. The summed E-state index contributed by atoms with van der Waals surface area (Å²) in [6.45, 7) is 0. The van der Waals surface area contributed by atoms with Crippen molar-refractivity contribution in [3.05, 3.63) is 83.2 Å². The van der Waals surface area contributed by atoms with Gasteiger partial charge in [0, 0.05) is 11.3 Å². The Labute approximate surface area is 139 Å². The van der Waals surface area contributed by atoms with Crippen molar-refractivity contribution in [2.24, 2.45) is 0 Å². The molecule has 24 heavy (non-hydrogen) atoms. The van der Waals surface area contributed by atoms with Gasteiger partial charge in [-0.1, -0.05) is 42.5 Å². The second-order valence-corrected chi connectivity index (χ2v) is 5.38. The van der Waals surface area contributed by atoms with Gasteiger partial charge in [0.25, 0.3) is 0 Å². The summed E-state index contributed by atoms with van der Waals surface area (Å²) in [5, 5.41) is 19.3. The van der Waals surface area contributed by atoms with Crippen molar-refractivity contribution in [3.63, 3.8) is 0 Å². The summed E-state index contributed by atoms with van der Waals surface area (Å²) in [6.07, 6.45) is 3.39. The Morgan fingerprint density at radius 3 is 2.58 bits per heavy atom. The van der Waals surface area contributed by atoms with Gasteiger partial charge in [0.15, 0.2) is 0 Å². The van der Waals surface area contributed by atoms with Crippen LogP contribution in [0.4, 0.5) is 10.1 Å². The predicted molar refractivity (Wildman–Crippen MR) is 95.3 cm³/mol. The van der Waals surface area contributed by atoms with Crippen molar-refractivity contribution < 1.29 is 4.39 Å². The number of nitrogens with one attached hydrogen (secondary N) is 1. The molecule has 3 rings (SSSR count). The molecule has 0 amide bonds. The van der Waals surface area contributed by atoms with Gasteiger partial charge in [-0.15, -0.1) is 0 Å². The molecule has 3 aromatic carbocycles. The summed E-state index contributed by atoms with van der Waals surface area (Å²) in [5.41, 5.74) is 7.19. The first-order valence-electron chi connectivity index (χ1n) is 7.33. The van der Waals surface area contributed by atoms with Gasteiger partial charge in [0.05, 0.1) is 11.3 Å². The summed E-state index contributed by atoms with van der Waals surface area (Å²) in [6, 6.07) is 18.1. The van der Waals surface area contributed by atoms with Gasteiger partial charge in [0.1, 0.15) is 11.9 Å². The van der Waals surface area contributed by atoms with E-state index in [1.165, 1.54) is 6.07 Å². The zero-order valence-electron chi connectivity index (χ0n) is 12.8. The van der Waals surface area contributed by atoms with Gasteiger partial charge in [-0.3, -0.25) is 0 Å².